The van der Waals surface area contributed by atoms with E-state index in [0.29, 0.717) is 6.54 Å². The third kappa shape index (κ3) is 5.32. The molecule has 6 nitrogen and oxygen atoms in total. The predicted molar refractivity (Wildman–Crippen MR) is 140 cm³/mol. The molecule has 0 saturated carbocycles. The van der Waals surface area contributed by atoms with E-state index in [0.717, 1.165) is 33.9 Å². The first-order valence-electron chi connectivity index (χ1n) is 11.6. The van der Waals surface area contributed by atoms with Gasteiger partial charge in [-0.25, -0.2) is 0 Å². The van der Waals surface area contributed by atoms with Crippen molar-refractivity contribution >= 4 is 34.1 Å². The molecule has 0 aliphatic rings. The number of nitrogens with one attached hydrogen (secondary N) is 1. The van der Waals surface area contributed by atoms with Crippen LogP contribution < -0.4 is 5.32 Å². The number of hydrogen-bond donors (Lipinski definition) is 1. The Kier molecular flexibility index (Phi) is 7.65. The summed E-state index contributed by atoms with van der Waals surface area (Å²) >= 11 is 1.44. The van der Waals surface area contributed by atoms with Crippen LogP contribution in [0.5, 0.6) is 0 Å². The van der Waals surface area contributed by atoms with Crippen molar-refractivity contribution < 1.29 is 4.79 Å². The summed E-state index contributed by atoms with van der Waals surface area (Å²) in [5, 5.41) is 14.7. The first kappa shape index (κ1) is 24.0. The van der Waals surface area contributed by atoms with Gasteiger partial charge in [-0.1, -0.05) is 85.4 Å². The lowest BCUT2D eigenvalue weighted by molar-refractivity contribution is -0.115. The van der Waals surface area contributed by atoms with Crippen LogP contribution in [0.1, 0.15) is 37.7 Å². The molecule has 1 N–H and O–H groups in total. The van der Waals surface area contributed by atoms with E-state index in [9.17, 15) is 4.79 Å². The fourth-order valence-corrected chi connectivity index (χ4v) is 4.96. The van der Waals surface area contributed by atoms with Gasteiger partial charge < -0.3 is 9.88 Å². The van der Waals surface area contributed by atoms with Crippen LogP contribution in [0.3, 0.4) is 0 Å². The maximum absolute atomic E-state index is 13.1. The molecule has 34 heavy (non-hydrogen) atoms. The van der Waals surface area contributed by atoms with Gasteiger partial charge in [-0.05, 0) is 44.5 Å². The smallest absolute Gasteiger partial charge is 0.237 e. The number of nitrogens with zero attached hydrogens (tertiary/aromatic N) is 4. The maximum Gasteiger partial charge on any atom is 0.237 e. The van der Waals surface area contributed by atoms with Gasteiger partial charge in [-0.15, -0.1) is 10.2 Å². The van der Waals surface area contributed by atoms with Crippen molar-refractivity contribution in [3.63, 3.8) is 0 Å². The highest BCUT2D eigenvalue weighted by molar-refractivity contribution is 8.00. The number of fused-ring (bicyclic) bond motifs is 1. The summed E-state index contributed by atoms with van der Waals surface area (Å²) in [6, 6.07) is 24.4. The first-order valence-corrected chi connectivity index (χ1v) is 12.4. The molecular weight excluding hydrogens is 442 g/mol. The normalized spacial score (nSPS) is 13.2. The Morgan fingerprint density at radius 1 is 1.00 bits per heavy atom. The molecule has 0 aliphatic heterocycles. The number of rotatable bonds is 9. The molecule has 1 heterocycles. The summed E-state index contributed by atoms with van der Waals surface area (Å²) in [5.74, 6) is 0.859. The first-order chi connectivity index (χ1) is 16.5. The fraction of sp³-hybridized carbons (Fsp3) is 0.296. The van der Waals surface area contributed by atoms with E-state index in [1.165, 1.54) is 17.3 Å². The summed E-state index contributed by atoms with van der Waals surface area (Å²) in [6.07, 6.45) is 0.918. The molecular formula is C27H31N5OS. The SMILES string of the molecule is CCC(c1nnc(SC(C)C(=O)Nc2cccc3ccccc23)n1Cc1ccccc1)N(C)C. The average Bonchev–Trinajstić information content (AvgIpc) is 3.21. The van der Waals surface area contributed by atoms with Crippen molar-refractivity contribution in [2.45, 2.75) is 43.3 Å². The summed E-state index contributed by atoms with van der Waals surface area (Å²) in [4.78, 5) is 15.3. The highest BCUT2D eigenvalue weighted by Gasteiger charge is 2.25. The fourth-order valence-electron chi connectivity index (χ4n) is 4.11. The summed E-state index contributed by atoms with van der Waals surface area (Å²) in [6.45, 7) is 4.72. The van der Waals surface area contributed by atoms with E-state index in [2.05, 4.69) is 58.1 Å². The minimum absolute atomic E-state index is 0.0585. The number of anilines is 1. The van der Waals surface area contributed by atoms with Crippen LogP contribution >= 0.6 is 11.8 Å². The zero-order valence-electron chi connectivity index (χ0n) is 20.1. The van der Waals surface area contributed by atoms with Crippen molar-refractivity contribution in [2.75, 3.05) is 19.4 Å². The summed E-state index contributed by atoms with van der Waals surface area (Å²) < 4.78 is 2.15. The Labute approximate surface area is 205 Å². The van der Waals surface area contributed by atoms with E-state index < -0.39 is 0 Å². The molecule has 0 fully saturated rings. The number of benzene rings is 3. The third-order valence-electron chi connectivity index (χ3n) is 5.94. The van der Waals surface area contributed by atoms with Crippen LogP contribution in [0.15, 0.2) is 78.0 Å². The summed E-state index contributed by atoms with van der Waals surface area (Å²) in [7, 11) is 4.12. The van der Waals surface area contributed by atoms with Gasteiger partial charge in [-0.2, -0.15) is 0 Å². The Bertz CT molecular complexity index is 1250. The number of carbonyl (C=O) groups excluding carboxylic acids is 1. The predicted octanol–water partition coefficient (Wildman–Crippen LogP) is 5.61. The van der Waals surface area contributed by atoms with Gasteiger partial charge in [-0.3, -0.25) is 9.69 Å². The van der Waals surface area contributed by atoms with E-state index in [4.69, 9.17) is 0 Å². The van der Waals surface area contributed by atoms with Gasteiger partial charge in [0.25, 0.3) is 0 Å². The van der Waals surface area contributed by atoms with E-state index in [1.54, 1.807) is 0 Å². The lowest BCUT2D eigenvalue weighted by atomic mass is 10.1. The molecule has 0 saturated heterocycles. The van der Waals surface area contributed by atoms with Gasteiger partial charge in [0.2, 0.25) is 5.91 Å². The van der Waals surface area contributed by atoms with Gasteiger partial charge in [0.05, 0.1) is 17.8 Å². The maximum atomic E-state index is 13.1. The number of carbonyl (C=O) groups is 1. The third-order valence-corrected chi connectivity index (χ3v) is 7.02. The number of hydrogen-bond acceptors (Lipinski definition) is 5. The van der Waals surface area contributed by atoms with E-state index in [-0.39, 0.29) is 17.2 Å². The Morgan fingerprint density at radius 3 is 2.44 bits per heavy atom. The molecule has 0 radical (unpaired) electrons. The van der Waals surface area contributed by atoms with Crippen molar-refractivity contribution in [2.24, 2.45) is 0 Å². The van der Waals surface area contributed by atoms with Crippen LogP contribution in [-0.2, 0) is 11.3 Å². The highest BCUT2D eigenvalue weighted by atomic mass is 32.2. The quantitative estimate of drug-likeness (QED) is 0.320. The lowest BCUT2D eigenvalue weighted by Gasteiger charge is -2.23. The minimum Gasteiger partial charge on any atom is -0.325 e. The van der Waals surface area contributed by atoms with Crippen molar-refractivity contribution in [1.82, 2.24) is 19.7 Å². The summed E-state index contributed by atoms with van der Waals surface area (Å²) in [5.41, 5.74) is 1.99. The number of thioether (sulfide) groups is 1. The number of amides is 1. The highest BCUT2D eigenvalue weighted by Crippen LogP contribution is 2.30. The van der Waals surface area contributed by atoms with Crippen LogP contribution in [0.4, 0.5) is 5.69 Å². The molecule has 4 rings (SSSR count). The van der Waals surface area contributed by atoms with Crippen LogP contribution in [-0.4, -0.2) is 44.9 Å². The van der Waals surface area contributed by atoms with Gasteiger partial charge >= 0.3 is 0 Å². The molecule has 3 aromatic carbocycles. The van der Waals surface area contributed by atoms with Crippen LogP contribution in [0.25, 0.3) is 10.8 Å². The molecule has 1 aromatic heterocycles. The Balaban J connectivity index is 1.58. The van der Waals surface area contributed by atoms with Gasteiger partial charge in [0, 0.05) is 11.1 Å². The molecule has 4 aromatic rings. The topological polar surface area (TPSA) is 63.1 Å². The van der Waals surface area contributed by atoms with E-state index >= 15 is 0 Å². The molecule has 7 heteroatoms. The van der Waals surface area contributed by atoms with Crippen LogP contribution in [0, 0.1) is 0 Å². The second-order valence-corrected chi connectivity index (χ2v) is 9.88. The lowest BCUT2D eigenvalue weighted by Crippen LogP contribution is -2.25. The monoisotopic (exact) mass is 473 g/mol. The number of aromatic nitrogens is 3. The molecule has 176 valence electrons. The molecule has 1 amide bonds. The molecule has 0 aliphatic carbocycles. The largest absolute Gasteiger partial charge is 0.325 e. The zero-order valence-corrected chi connectivity index (χ0v) is 20.9. The second-order valence-electron chi connectivity index (χ2n) is 8.58. The molecule has 0 spiro atoms. The van der Waals surface area contributed by atoms with Gasteiger partial charge in [0.1, 0.15) is 0 Å². The minimum atomic E-state index is -0.343. The van der Waals surface area contributed by atoms with E-state index in [1.807, 2.05) is 67.6 Å². The van der Waals surface area contributed by atoms with Crippen molar-refractivity contribution in [3.8, 4) is 0 Å². The Hall–Kier alpha value is -3.16. The molecule has 2 unspecified atom stereocenters. The molecule has 2 atom stereocenters. The standard InChI is InChI=1S/C27H31N5OS/c1-5-24(31(3)4)25-29-30-27(32(25)18-20-12-7-6-8-13-20)34-19(2)26(33)28-23-17-11-15-21-14-9-10-16-22(21)23/h6-17,19,24H,5,18H2,1-4H3,(H,28,33). The van der Waals surface area contributed by atoms with Crippen molar-refractivity contribution in [1.29, 1.82) is 0 Å². The second kappa shape index (κ2) is 10.8. The van der Waals surface area contributed by atoms with Gasteiger partial charge in [0.15, 0.2) is 11.0 Å². The average molecular weight is 474 g/mol. The Morgan fingerprint density at radius 2 is 1.71 bits per heavy atom. The van der Waals surface area contributed by atoms with Crippen molar-refractivity contribution in [3.05, 3.63) is 84.2 Å². The van der Waals surface area contributed by atoms with Crippen LogP contribution in [0.2, 0.25) is 0 Å². The molecule has 0 bridgehead atoms. The zero-order chi connectivity index (χ0) is 24.1.